The van der Waals surface area contributed by atoms with Gasteiger partial charge < -0.3 is 10.3 Å². The van der Waals surface area contributed by atoms with Crippen LogP contribution in [-0.2, 0) is 13.1 Å². The van der Waals surface area contributed by atoms with Crippen molar-refractivity contribution in [2.75, 3.05) is 0 Å². The van der Waals surface area contributed by atoms with E-state index in [-0.39, 0.29) is 11.4 Å². The first kappa shape index (κ1) is 14.4. The van der Waals surface area contributed by atoms with Gasteiger partial charge in [-0.25, -0.2) is 9.37 Å². The minimum atomic E-state index is -0.277. The van der Waals surface area contributed by atoms with Gasteiger partial charge in [0.05, 0.1) is 12.1 Å². The lowest BCUT2D eigenvalue weighted by molar-refractivity contribution is 0.616. The summed E-state index contributed by atoms with van der Waals surface area (Å²) in [5.41, 5.74) is 1.39. The van der Waals surface area contributed by atoms with Gasteiger partial charge in [-0.05, 0) is 35.2 Å². The molecule has 0 spiro atoms. The van der Waals surface area contributed by atoms with Crippen molar-refractivity contribution in [3.8, 4) is 0 Å². The lowest BCUT2D eigenvalue weighted by Gasteiger charge is -2.07. The Kier molecular flexibility index (Phi) is 4.14. The standard InChI is InChI=1S/C14H11BrFN3OS/c15-10-2-1-9(16)5-8(10)6-17-7-12-18-11-3-4-21-13(11)14(20)19-12/h1-5,17H,6-7H2,(H,18,19,20). The largest absolute Gasteiger partial charge is 0.308 e. The van der Waals surface area contributed by atoms with Crippen molar-refractivity contribution in [1.29, 1.82) is 0 Å². The smallest absolute Gasteiger partial charge is 0.268 e. The molecule has 2 heterocycles. The zero-order valence-electron chi connectivity index (χ0n) is 10.8. The lowest BCUT2D eigenvalue weighted by atomic mass is 10.2. The first-order valence-corrected chi connectivity index (χ1v) is 7.92. The fourth-order valence-corrected chi connectivity index (χ4v) is 3.11. The number of aromatic nitrogens is 2. The van der Waals surface area contributed by atoms with E-state index < -0.39 is 0 Å². The number of hydrogen-bond donors (Lipinski definition) is 2. The molecule has 0 atom stereocenters. The van der Waals surface area contributed by atoms with Crippen LogP contribution in [0, 0.1) is 5.82 Å². The van der Waals surface area contributed by atoms with Crippen LogP contribution in [0.2, 0.25) is 0 Å². The molecule has 0 aliphatic rings. The normalized spacial score (nSPS) is 11.1. The third kappa shape index (κ3) is 3.20. The van der Waals surface area contributed by atoms with E-state index in [2.05, 4.69) is 31.2 Å². The third-order valence-electron chi connectivity index (χ3n) is 2.98. The minimum Gasteiger partial charge on any atom is -0.308 e. The molecule has 2 aromatic heterocycles. The number of halogens is 2. The highest BCUT2D eigenvalue weighted by molar-refractivity contribution is 9.10. The van der Waals surface area contributed by atoms with Crippen LogP contribution in [0.4, 0.5) is 4.39 Å². The zero-order chi connectivity index (χ0) is 14.8. The molecular weight excluding hydrogens is 357 g/mol. The van der Waals surface area contributed by atoms with Gasteiger partial charge in [-0.3, -0.25) is 4.79 Å². The molecule has 3 aromatic rings. The van der Waals surface area contributed by atoms with Gasteiger partial charge in [-0.1, -0.05) is 15.9 Å². The van der Waals surface area contributed by atoms with Gasteiger partial charge >= 0.3 is 0 Å². The van der Waals surface area contributed by atoms with Crippen LogP contribution in [0.25, 0.3) is 10.2 Å². The van der Waals surface area contributed by atoms with Gasteiger partial charge in [0.15, 0.2) is 0 Å². The van der Waals surface area contributed by atoms with Crippen molar-refractivity contribution in [2.24, 2.45) is 0 Å². The Morgan fingerprint density at radius 2 is 2.19 bits per heavy atom. The van der Waals surface area contributed by atoms with Crippen molar-refractivity contribution in [1.82, 2.24) is 15.3 Å². The third-order valence-corrected chi connectivity index (χ3v) is 4.66. The summed E-state index contributed by atoms with van der Waals surface area (Å²) in [4.78, 5) is 18.9. The maximum Gasteiger partial charge on any atom is 0.268 e. The van der Waals surface area contributed by atoms with Crippen LogP contribution < -0.4 is 10.9 Å². The quantitative estimate of drug-likeness (QED) is 0.744. The van der Waals surface area contributed by atoms with Gasteiger partial charge in [-0.15, -0.1) is 11.3 Å². The second-order valence-corrected chi connectivity index (χ2v) is 6.26. The second-order valence-electron chi connectivity index (χ2n) is 4.49. The molecule has 0 unspecified atom stereocenters. The highest BCUT2D eigenvalue weighted by atomic mass is 79.9. The Bertz CT molecular complexity index is 846. The highest BCUT2D eigenvalue weighted by Crippen LogP contribution is 2.18. The summed E-state index contributed by atoms with van der Waals surface area (Å²) >= 11 is 4.75. The number of aromatic amines is 1. The van der Waals surface area contributed by atoms with E-state index in [9.17, 15) is 9.18 Å². The summed E-state index contributed by atoms with van der Waals surface area (Å²) in [5, 5.41) is 4.99. The average molecular weight is 368 g/mol. The summed E-state index contributed by atoms with van der Waals surface area (Å²) in [6, 6.07) is 6.36. The average Bonchev–Trinajstić information content (AvgIpc) is 2.91. The Balaban J connectivity index is 1.72. The van der Waals surface area contributed by atoms with E-state index in [0.717, 1.165) is 10.0 Å². The molecule has 108 valence electrons. The van der Waals surface area contributed by atoms with Crippen molar-refractivity contribution in [3.05, 3.63) is 61.7 Å². The van der Waals surface area contributed by atoms with E-state index in [1.807, 2.05) is 11.4 Å². The number of nitrogens with one attached hydrogen (secondary N) is 2. The summed E-state index contributed by atoms with van der Waals surface area (Å²) < 4.78 is 14.7. The Labute approximate surface area is 132 Å². The van der Waals surface area contributed by atoms with Crippen molar-refractivity contribution < 1.29 is 4.39 Å². The molecule has 0 amide bonds. The molecule has 0 radical (unpaired) electrons. The van der Waals surface area contributed by atoms with E-state index in [4.69, 9.17) is 0 Å². The molecule has 4 nitrogen and oxygen atoms in total. The SMILES string of the molecule is O=c1[nH]c(CNCc2cc(F)ccc2Br)nc2ccsc12. The van der Waals surface area contributed by atoms with Gasteiger partial charge in [0.2, 0.25) is 0 Å². The molecule has 1 aromatic carbocycles. The number of H-pyrrole nitrogens is 1. The second kappa shape index (κ2) is 6.05. The van der Waals surface area contributed by atoms with Gasteiger partial charge in [0.25, 0.3) is 5.56 Å². The van der Waals surface area contributed by atoms with Crippen molar-refractivity contribution in [3.63, 3.8) is 0 Å². The molecule has 0 aliphatic carbocycles. The summed E-state index contributed by atoms with van der Waals surface area (Å²) in [6.07, 6.45) is 0. The summed E-state index contributed by atoms with van der Waals surface area (Å²) in [5.74, 6) is 0.291. The summed E-state index contributed by atoms with van der Waals surface area (Å²) in [6.45, 7) is 0.883. The number of benzene rings is 1. The number of thiophene rings is 1. The molecule has 21 heavy (non-hydrogen) atoms. The van der Waals surface area contributed by atoms with Crippen LogP contribution in [-0.4, -0.2) is 9.97 Å². The monoisotopic (exact) mass is 367 g/mol. The van der Waals surface area contributed by atoms with E-state index in [1.165, 1.54) is 23.5 Å². The molecule has 0 aliphatic heterocycles. The molecule has 7 heteroatoms. The highest BCUT2D eigenvalue weighted by Gasteiger charge is 2.06. The Hall–Kier alpha value is -1.57. The topological polar surface area (TPSA) is 57.8 Å². The van der Waals surface area contributed by atoms with Crippen molar-refractivity contribution >= 4 is 37.5 Å². The fraction of sp³-hybridized carbons (Fsp3) is 0.143. The maximum absolute atomic E-state index is 13.2. The number of fused-ring (bicyclic) bond motifs is 1. The molecule has 0 fully saturated rings. The number of rotatable bonds is 4. The molecule has 0 bridgehead atoms. The van der Waals surface area contributed by atoms with E-state index in [1.54, 1.807) is 6.07 Å². The fourth-order valence-electron chi connectivity index (χ4n) is 2.00. The summed E-state index contributed by atoms with van der Waals surface area (Å²) in [7, 11) is 0. The first-order chi connectivity index (χ1) is 10.1. The van der Waals surface area contributed by atoms with Crippen LogP contribution in [0.3, 0.4) is 0 Å². The van der Waals surface area contributed by atoms with Crippen LogP contribution in [0.5, 0.6) is 0 Å². The van der Waals surface area contributed by atoms with Gasteiger partial charge in [0, 0.05) is 11.0 Å². The lowest BCUT2D eigenvalue weighted by Crippen LogP contribution is -2.19. The van der Waals surface area contributed by atoms with Gasteiger partial charge in [0.1, 0.15) is 16.3 Å². The number of nitrogens with zero attached hydrogens (tertiary/aromatic N) is 1. The Morgan fingerprint density at radius 3 is 3.05 bits per heavy atom. The van der Waals surface area contributed by atoms with E-state index in [0.29, 0.717) is 29.1 Å². The Morgan fingerprint density at radius 1 is 1.33 bits per heavy atom. The minimum absolute atomic E-state index is 0.126. The zero-order valence-corrected chi connectivity index (χ0v) is 13.2. The molecular formula is C14H11BrFN3OS. The van der Waals surface area contributed by atoms with Crippen molar-refractivity contribution in [2.45, 2.75) is 13.1 Å². The molecule has 3 rings (SSSR count). The molecule has 0 saturated carbocycles. The van der Waals surface area contributed by atoms with Gasteiger partial charge in [-0.2, -0.15) is 0 Å². The van der Waals surface area contributed by atoms with Crippen LogP contribution in [0.1, 0.15) is 11.4 Å². The van der Waals surface area contributed by atoms with E-state index >= 15 is 0 Å². The molecule has 2 N–H and O–H groups in total. The first-order valence-electron chi connectivity index (χ1n) is 6.24. The number of hydrogen-bond acceptors (Lipinski definition) is 4. The van der Waals surface area contributed by atoms with Crippen LogP contribution in [0.15, 0.2) is 38.9 Å². The predicted molar refractivity (Wildman–Crippen MR) is 84.9 cm³/mol. The molecule has 0 saturated heterocycles. The van der Waals surface area contributed by atoms with Crippen LogP contribution >= 0.6 is 27.3 Å². The maximum atomic E-state index is 13.2. The predicted octanol–water partition coefficient (Wildman–Crippen LogP) is 3.18.